The van der Waals surface area contributed by atoms with E-state index in [4.69, 9.17) is 18.5 Å². The Hall–Kier alpha value is -2.81. The zero-order valence-electron chi connectivity index (χ0n) is 47.8. The molecule has 2 unspecified atom stereocenters. The molecule has 10 heteroatoms. The molecule has 0 saturated carbocycles. The first-order valence-electron chi connectivity index (χ1n) is 29.8. The van der Waals surface area contributed by atoms with E-state index in [-0.39, 0.29) is 32.0 Å². The molecule has 2 atom stereocenters. The number of allylic oxidation sites excluding steroid dienone is 14. The predicted molar refractivity (Wildman–Crippen MR) is 309 cm³/mol. The quantitative estimate of drug-likeness (QED) is 0.0195. The molecule has 73 heavy (non-hydrogen) atoms. The van der Waals surface area contributed by atoms with Gasteiger partial charge in [-0.05, 0) is 89.9 Å². The summed E-state index contributed by atoms with van der Waals surface area (Å²) in [6.45, 7) is 4.13. The van der Waals surface area contributed by atoms with Crippen LogP contribution in [0, 0.1) is 0 Å². The highest BCUT2D eigenvalue weighted by molar-refractivity contribution is 7.45. The Labute approximate surface area is 450 Å². The number of ether oxygens (including phenoxy) is 2. The summed E-state index contributed by atoms with van der Waals surface area (Å²) >= 11 is 0. The van der Waals surface area contributed by atoms with Gasteiger partial charge in [-0.3, -0.25) is 14.2 Å². The molecule has 0 rings (SSSR count). The van der Waals surface area contributed by atoms with Crippen LogP contribution in [0.5, 0.6) is 0 Å². The molecule has 0 fully saturated rings. The van der Waals surface area contributed by atoms with E-state index in [0.29, 0.717) is 17.4 Å². The second kappa shape index (κ2) is 54.0. The summed E-state index contributed by atoms with van der Waals surface area (Å²) in [5.41, 5.74) is 0. The lowest BCUT2D eigenvalue weighted by Crippen LogP contribution is -2.37. The summed E-state index contributed by atoms with van der Waals surface area (Å²) < 4.78 is 34.2. The van der Waals surface area contributed by atoms with Crippen LogP contribution in [0.15, 0.2) is 85.1 Å². The Morgan fingerprint density at radius 3 is 1.18 bits per heavy atom. The molecule has 0 radical (unpaired) electrons. The van der Waals surface area contributed by atoms with Gasteiger partial charge in [-0.1, -0.05) is 234 Å². The molecule has 422 valence electrons. The third kappa shape index (κ3) is 58.3. The first-order valence-corrected chi connectivity index (χ1v) is 31.3. The minimum Gasteiger partial charge on any atom is -0.756 e. The maximum absolute atomic E-state index is 12.8. The van der Waals surface area contributed by atoms with Gasteiger partial charge in [0.15, 0.2) is 6.10 Å². The summed E-state index contributed by atoms with van der Waals surface area (Å²) in [4.78, 5) is 37.9. The van der Waals surface area contributed by atoms with E-state index in [2.05, 4.69) is 98.9 Å². The number of unbranched alkanes of at least 4 members (excludes halogenated alkanes) is 26. The van der Waals surface area contributed by atoms with Crippen molar-refractivity contribution in [3.63, 3.8) is 0 Å². The Balaban J connectivity index is 4.14. The van der Waals surface area contributed by atoms with Crippen LogP contribution in [0.1, 0.15) is 251 Å². The molecule has 0 bridgehead atoms. The van der Waals surface area contributed by atoms with Crippen LogP contribution in [0.4, 0.5) is 0 Å². The summed E-state index contributed by atoms with van der Waals surface area (Å²) in [5.74, 6) is -0.838. The van der Waals surface area contributed by atoms with Gasteiger partial charge in [0.05, 0.1) is 27.7 Å². The van der Waals surface area contributed by atoms with Gasteiger partial charge in [0.25, 0.3) is 7.82 Å². The normalized spacial score (nSPS) is 13.9. The summed E-state index contributed by atoms with van der Waals surface area (Å²) in [7, 11) is 1.16. The molecule has 0 N–H and O–H groups in total. The molecule has 0 spiro atoms. The molecule has 0 aromatic rings. The average molecular weight is 1040 g/mol. The van der Waals surface area contributed by atoms with Crippen LogP contribution in [0.3, 0.4) is 0 Å². The highest BCUT2D eigenvalue weighted by Gasteiger charge is 2.22. The van der Waals surface area contributed by atoms with Crippen molar-refractivity contribution in [2.75, 3.05) is 47.5 Å². The number of phosphoric acid groups is 1. The number of carbonyl (C=O) groups excluding carboxylic acids is 2. The largest absolute Gasteiger partial charge is 0.756 e. The van der Waals surface area contributed by atoms with Crippen molar-refractivity contribution in [3.05, 3.63) is 85.1 Å². The predicted octanol–water partition coefficient (Wildman–Crippen LogP) is 18.0. The number of nitrogens with zero attached hydrogens (tertiary/aromatic N) is 1. The topological polar surface area (TPSA) is 111 Å². The molecule has 0 aromatic heterocycles. The molecule has 0 amide bonds. The third-order valence-corrected chi connectivity index (χ3v) is 13.6. The SMILES string of the molecule is CC/C=C\C/C=C\C/C=C\C/C=C\C/C=C\C/C=C\CCCCCCCCCCCCCCC(=O)OC(COC(=O)CCCCCCCCC/C=C\CCCCCCCCC)COP(=O)([O-])OCC[N+](C)(C)C. The second-order valence-corrected chi connectivity index (χ2v) is 22.4. The van der Waals surface area contributed by atoms with E-state index < -0.39 is 26.5 Å². The average Bonchev–Trinajstić information content (AvgIpc) is 3.35. The van der Waals surface area contributed by atoms with Crippen molar-refractivity contribution in [3.8, 4) is 0 Å². The van der Waals surface area contributed by atoms with Crippen LogP contribution >= 0.6 is 7.82 Å². The number of hydrogen-bond donors (Lipinski definition) is 0. The summed E-state index contributed by atoms with van der Waals surface area (Å²) in [6, 6.07) is 0. The van der Waals surface area contributed by atoms with E-state index >= 15 is 0 Å². The Morgan fingerprint density at radius 1 is 0.438 bits per heavy atom. The molecule has 0 aliphatic heterocycles. The van der Waals surface area contributed by atoms with Gasteiger partial charge in [-0.15, -0.1) is 0 Å². The zero-order valence-corrected chi connectivity index (χ0v) is 48.7. The maximum Gasteiger partial charge on any atom is 0.306 e. The van der Waals surface area contributed by atoms with E-state index in [1.807, 2.05) is 21.1 Å². The number of quaternary nitrogens is 1. The van der Waals surface area contributed by atoms with Gasteiger partial charge < -0.3 is 27.9 Å². The number of rotatable bonds is 54. The fourth-order valence-electron chi connectivity index (χ4n) is 8.07. The minimum absolute atomic E-state index is 0.0344. The molecule has 0 aromatic carbocycles. The summed E-state index contributed by atoms with van der Waals surface area (Å²) in [5, 5.41) is 0. The number of hydrogen-bond acceptors (Lipinski definition) is 8. The lowest BCUT2D eigenvalue weighted by molar-refractivity contribution is -0.870. The van der Waals surface area contributed by atoms with Gasteiger partial charge >= 0.3 is 11.9 Å². The van der Waals surface area contributed by atoms with Crippen LogP contribution in [0.25, 0.3) is 0 Å². The highest BCUT2D eigenvalue weighted by Crippen LogP contribution is 2.38. The van der Waals surface area contributed by atoms with E-state index in [9.17, 15) is 19.0 Å². The van der Waals surface area contributed by atoms with Gasteiger partial charge in [-0.25, -0.2) is 0 Å². The molecule has 0 saturated heterocycles. The first-order chi connectivity index (χ1) is 35.5. The first kappa shape index (κ1) is 70.2. The third-order valence-electron chi connectivity index (χ3n) is 12.6. The zero-order chi connectivity index (χ0) is 53.5. The van der Waals surface area contributed by atoms with Crippen LogP contribution in [-0.4, -0.2) is 70.0 Å². The number of phosphoric ester groups is 1. The monoisotopic (exact) mass is 1040 g/mol. The molecule has 0 heterocycles. The number of esters is 2. The molecule has 0 aliphatic carbocycles. The fourth-order valence-corrected chi connectivity index (χ4v) is 8.80. The Bertz CT molecular complexity index is 1510. The van der Waals surface area contributed by atoms with Crippen molar-refractivity contribution in [1.29, 1.82) is 0 Å². The second-order valence-electron chi connectivity index (χ2n) is 21.0. The van der Waals surface area contributed by atoms with Crippen molar-refractivity contribution in [2.24, 2.45) is 0 Å². The van der Waals surface area contributed by atoms with Gasteiger partial charge in [-0.2, -0.15) is 0 Å². The molecule has 9 nitrogen and oxygen atoms in total. The van der Waals surface area contributed by atoms with Crippen LogP contribution in [-0.2, 0) is 32.7 Å². The number of carbonyl (C=O) groups is 2. The van der Waals surface area contributed by atoms with E-state index in [0.717, 1.165) is 89.9 Å². The van der Waals surface area contributed by atoms with Gasteiger partial charge in [0, 0.05) is 12.8 Å². The molecular formula is C63H112NO8P. The maximum atomic E-state index is 12.8. The lowest BCUT2D eigenvalue weighted by atomic mass is 10.0. The van der Waals surface area contributed by atoms with Crippen molar-refractivity contribution < 1.29 is 42.1 Å². The van der Waals surface area contributed by atoms with Gasteiger partial charge in [0.1, 0.15) is 19.8 Å². The fraction of sp³-hybridized carbons (Fsp3) is 0.746. The van der Waals surface area contributed by atoms with Crippen molar-refractivity contribution >= 4 is 19.8 Å². The van der Waals surface area contributed by atoms with Crippen molar-refractivity contribution in [1.82, 2.24) is 0 Å². The van der Waals surface area contributed by atoms with Crippen LogP contribution in [0.2, 0.25) is 0 Å². The highest BCUT2D eigenvalue weighted by atomic mass is 31.2. The molecule has 0 aliphatic rings. The smallest absolute Gasteiger partial charge is 0.306 e. The molecular weight excluding hydrogens is 930 g/mol. The van der Waals surface area contributed by atoms with E-state index in [1.165, 1.54) is 128 Å². The Kier molecular flexibility index (Phi) is 51.9. The summed E-state index contributed by atoms with van der Waals surface area (Å²) in [6.07, 6.45) is 72.0. The number of likely N-dealkylation sites (N-methyl/N-ethyl adjacent to an activating group) is 1. The lowest BCUT2D eigenvalue weighted by Gasteiger charge is -2.28. The Morgan fingerprint density at radius 2 is 0.781 bits per heavy atom. The van der Waals surface area contributed by atoms with Crippen molar-refractivity contribution in [2.45, 2.75) is 258 Å². The standard InChI is InChI=1S/C63H112NO8P/c1-6-8-10-12-14-16-18-20-22-24-26-27-28-29-30-31-32-33-34-35-36-37-38-40-42-44-46-48-50-52-54-56-63(66)72-61(60-71-73(67,68)70-58-57-64(3,4)5)59-69-62(65)55-53-51-49-47-45-43-41-39-25-23-21-19-17-15-13-11-9-7-2/h8,10,14,16,20,22-23,25-27,29-30,32-33,61H,6-7,9,11-13,15,17-19,21,24,28,31,34-60H2,1-5H3/b10-8-,16-14-,22-20-,25-23-,27-26-,30-29-,33-32-. The van der Waals surface area contributed by atoms with E-state index in [1.54, 1.807) is 0 Å². The van der Waals surface area contributed by atoms with Crippen LogP contribution < -0.4 is 4.89 Å². The minimum atomic E-state index is -4.64. The van der Waals surface area contributed by atoms with Gasteiger partial charge in [0.2, 0.25) is 0 Å².